The first kappa shape index (κ1) is 16.3. The third kappa shape index (κ3) is 5.39. The zero-order valence-corrected chi connectivity index (χ0v) is 13.3. The number of ether oxygens (including phenoxy) is 1. The lowest BCUT2D eigenvalue weighted by Crippen LogP contribution is -2.42. The van der Waals surface area contributed by atoms with E-state index in [1.54, 1.807) is 0 Å². The molecule has 0 aromatic carbocycles. The molecule has 0 saturated carbocycles. The minimum Gasteiger partial charge on any atom is -0.444 e. The van der Waals surface area contributed by atoms with E-state index >= 15 is 0 Å². The van der Waals surface area contributed by atoms with Gasteiger partial charge in [0.1, 0.15) is 5.60 Å². The molecule has 0 aliphatic carbocycles. The molecule has 0 spiro atoms. The molecule has 1 rings (SSSR count). The van der Waals surface area contributed by atoms with Crippen LogP contribution in [0.15, 0.2) is 0 Å². The lowest BCUT2D eigenvalue weighted by Gasteiger charge is -2.29. The Bertz CT molecular complexity index is 299. The van der Waals surface area contributed by atoms with Crippen LogP contribution in [0, 0.1) is 0 Å². The molecule has 1 N–H and O–H groups in total. The second-order valence-corrected chi connectivity index (χ2v) is 6.69. The van der Waals surface area contributed by atoms with Crippen molar-refractivity contribution < 1.29 is 9.53 Å². The van der Waals surface area contributed by atoms with E-state index in [9.17, 15) is 4.79 Å². The molecule has 112 valence electrons. The Labute approximate surface area is 117 Å². The second-order valence-electron chi connectivity index (χ2n) is 6.69. The van der Waals surface area contributed by atoms with Gasteiger partial charge in [-0.2, -0.15) is 0 Å². The van der Waals surface area contributed by atoms with Gasteiger partial charge in [-0.3, -0.25) is 4.90 Å². The molecule has 4 heteroatoms. The SMILES string of the molecule is CCN1C(C)CCC1CC(C)NC(=O)OC(C)(C)C. The summed E-state index contributed by atoms with van der Waals surface area (Å²) in [7, 11) is 0. The number of nitrogens with zero attached hydrogens (tertiary/aromatic N) is 1. The predicted molar refractivity (Wildman–Crippen MR) is 78.3 cm³/mol. The van der Waals surface area contributed by atoms with Gasteiger partial charge in [-0.25, -0.2) is 4.79 Å². The first-order valence-corrected chi connectivity index (χ1v) is 7.48. The van der Waals surface area contributed by atoms with Crippen molar-refractivity contribution >= 4 is 6.09 Å². The number of carbonyl (C=O) groups excluding carboxylic acids is 1. The van der Waals surface area contributed by atoms with Gasteiger partial charge in [0.25, 0.3) is 0 Å². The fraction of sp³-hybridized carbons (Fsp3) is 0.933. The van der Waals surface area contributed by atoms with Crippen LogP contribution in [0.5, 0.6) is 0 Å². The van der Waals surface area contributed by atoms with Crippen LogP contribution in [0.3, 0.4) is 0 Å². The number of alkyl carbamates (subject to hydrolysis) is 1. The molecule has 1 amide bonds. The summed E-state index contributed by atoms with van der Waals surface area (Å²) < 4.78 is 5.28. The highest BCUT2D eigenvalue weighted by Gasteiger charge is 2.30. The van der Waals surface area contributed by atoms with E-state index in [0.717, 1.165) is 13.0 Å². The van der Waals surface area contributed by atoms with Crippen LogP contribution in [0.2, 0.25) is 0 Å². The molecule has 1 heterocycles. The summed E-state index contributed by atoms with van der Waals surface area (Å²) in [6.07, 6.45) is 3.18. The van der Waals surface area contributed by atoms with Crippen LogP contribution >= 0.6 is 0 Å². The van der Waals surface area contributed by atoms with E-state index < -0.39 is 5.60 Å². The molecule has 0 aromatic heterocycles. The minimum atomic E-state index is -0.429. The molecular formula is C15H30N2O2. The Balaban J connectivity index is 2.39. The van der Waals surface area contributed by atoms with Crippen LogP contribution in [0.25, 0.3) is 0 Å². The molecule has 4 nitrogen and oxygen atoms in total. The lowest BCUT2D eigenvalue weighted by molar-refractivity contribution is 0.0498. The van der Waals surface area contributed by atoms with Crippen LogP contribution in [0.4, 0.5) is 4.79 Å². The molecule has 3 unspecified atom stereocenters. The average Bonchev–Trinajstić information content (AvgIpc) is 2.55. The van der Waals surface area contributed by atoms with Gasteiger partial charge in [-0.1, -0.05) is 6.92 Å². The van der Waals surface area contributed by atoms with Crippen LogP contribution in [0.1, 0.15) is 60.8 Å². The van der Waals surface area contributed by atoms with Crippen LogP contribution < -0.4 is 5.32 Å². The van der Waals surface area contributed by atoms with E-state index in [0.29, 0.717) is 12.1 Å². The summed E-state index contributed by atoms with van der Waals surface area (Å²) >= 11 is 0. The summed E-state index contributed by atoms with van der Waals surface area (Å²) in [6.45, 7) is 13.3. The van der Waals surface area contributed by atoms with Gasteiger partial charge >= 0.3 is 6.09 Å². The molecular weight excluding hydrogens is 240 g/mol. The number of hydrogen-bond acceptors (Lipinski definition) is 3. The van der Waals surface area contributed by atoms with E-state index in [2.05, 4.69) is 31.0 Å². The van der Waals surface area contributed by atoms with Crippen molar-refractivity contribution in [3.05, 3.63) is 0 Å². The van der Waals surface area contributed by atoms with Crippen molar-refractivity contribution in [1.29, 1.82) is 0 Å². The molecule has 1 saturated heterocycles. The Kier molecular flexibility index (Phi) is 5.65. The van der Waals surface area contributed by atoms with E-state index in [-0.39, 0.29) is 12.1 Å². The summed E-state index contributed by atoms with van der Waals surface area (Å²) in [5.41, 5.74) is -0.429. The molecule has 0 radical (unpaired) electrons. The predicted octanol–water partition coefficient (Wildman–Crippen LogP) is 3.16. The van der Waals surface area contributed by atoms with Crippen molar-refractivity contribution in [2.45, 2.75) is 84.5 Å². The third-order valence-corrected chi connectivity index (χ3v) is 3.71. The van der Waals surface area contributed by atoms with E-state index in [1.807, 2.05) is 20.8 Å². The lowest BCUT2D eigenvalue weighted by atomic mass is 10.1. The normalized spacial score (nSPS) is 26.2. The Morgan fingerprint density at radius 2 is 2.05 bits per heavy atom. The number of hydrogen-bond donors (Lipinski definition) is 1. The van der Waals surface area contributed by atoms with Crippen molar-refractivity contribution in [2.24, 2.45) is 0 Å². The minimum absolute atomic E-state index is 0.152. The van der Waals surface area contributed by atoms with Crippen molar-refractivity contribution in [3.8, 4) is 0 Å². The Morgan fingerprint density at radius 1 is 1.42 bits per heavy atom. The number of amides is 1. The number of carbonyl (C=O) groups is 1. The van der Waals surface area contributed by atoms with Gasteiger partial charge in [0, 0.05) is 18.1 Å². The average molecular weight is 270 g/mol. The van der Waals surface area contributed by atoms with Crippen molar-refractivity contribution in [2.75, 3.05) is 6.54 Å². The maximum atomic E-state index is 11.7. The zero-order valence-electron chi connectivity index (χ0n) is 13.3. The topological polar surface area (TPSA) is 41.6 Å². The highest BCUT2D eigenvalue weighted by molar-refractivity contribution is 5.68. The number of likely N-dealkylation sites (tertiary alicyclic amines) is 1. The van der Waals surface area contributed by atoms with Gasteiger partial charge in [0.05, 0.1) is 0 Å². The quantitative estimate of drug-likeness (QED) is 0.853. The Hall–Kier alpha value is -0.770. The largest absolute Gasteiger partial charge is 0.444 e. The zero-order chi connectivity index (χ0) is 14.6. The van der Waals surface area contributed by atoms with Gasteiger partial charge < -0.3 is 10.1 Å². The molecule has 1 fully saturated rings. The van der Waals surface area contributed by atoms with E-state index in [1.165, 1.54) is 12.8 Å². The maximum Gasteiger partial charge on any atom is 0.407 e. The van der Waals surface area contributed by atoms with E-state index in [4.69, 9.17) is 4.74 Å². The Morgan fingerprint density at radius 3 is 2.58 bits per heavy atom. The first-order valence-electron chi connectivity index (χ1n) is 7.48. The molecule has 3 atom stereocenters. The number of rotatable bonds is 4. The van der Waals surface area contributed by atoms with Gasteiger partial charge in [-0.05, 0) is 60.4 Å². The van der Waals surface area contributed by atoms with Crippen LogP contribution in [-0.4, -0.2) is 41.3 Å². The molecule has 0 bridgehead atoms. The molecule has 19 heavy (non-hydrogen) atoms. The molecule has 0 aromatic rings. The van der Waals surface area contributed by atoms with Crippen molar-refractivity contribution in [1.82, 2.24) is 10.2 Å². The molecule has 1 aliphatic rings. The maximum absolute atomic E-state index is 11.7. The molecule has 1 aliphatic heterocycles. The van der Waals surface area contributed by atoms with Crippen molar-refractivity contribution in [3.63, 3.8) is 0 Å². The smallest absolute Gasteiger partial charge is 0.407 e. The fourth-order valence-corrected chi connectivity index (χ4v) is 2.92. The first-order chi connectivity index (χ1) is 8.73. The van der Waals surface area contributed by atoms with Gasteiger partial charge in [0.2, 0.25) is 0 Å². The van der Waals surface area contributed by atoms with Gasteiger partial charge in [0.15, 0.2) is 0 Å². The van der Waals surface area contributed by atoms with Crippen LogP contribution in [-0.2, 0) is 4.74 Å². The highest BCUT2D eigenvalue weighted by Crippen LogP contribution is 2.26. The van der Waals surface area contributed by atoms with Gasteiger partial charge in [-0.15, -0.1) is 0 Å². The fourth-order valence-electron chi connectivity index (χ4n) is 2.92. The highest BCUT2D eigenvalue weighted by atomic mass is 16.6. The monoisotopic (exact) mass is 270 g/mol. The summed E-state index contributed by atoms with van der Waals surface area (Å²) in [6, 6.07) is 1.41. The summed E-state index contributed by atoms with van der Waals surface area (Å²) in [5, 5.41) is 2.93. The summed E-state index contributed by atoms with van der Waals surface area (Å²) in [5.74, 6) is 0. The second kappa shape index (κ2) is 6.60. The summed E-state index contributed by atoms with van der Waals surface area (Å²) in [4.78, 5) is 14.2. The number of nitrogens with one attached hydrogen (secondary N) is 1. The third-order valence-electron chi connectivity index (χ3n) is 3.71. The standard InChI is InChI=1S/C15H30N2O2/c1-7-17-12(3)8-9-13(17)10-11(2)16-14(18)19-15(4,5)6/h11-13H,7-10H2,1-6H3,(H,16,18).